The number of nitrogens with one attached hydrogen (secondary N) is 1. The maximum atomic E-state index is 4.26. The Hall–Kier alpha value is -0.850. The predicted octanol–water partition coefficient (Wildman–Crippen LogP) is 1.51. The Morgan fingerprint density at radius 1 is 1.71 bits per heavy atom. The van der Waals surface area contributed by atoms with E-state index in [1.54, 1.807) is 27.5 Å². The molecule has 0 aromatic carbocycles. The van der Waals surface area contributed by atoms with E-state index in [4.69, 9.17) is 0 Å². The molecular weight excluding hydrogens is 216 g/mol. The largest absolute Gasteiger partial charge is 0.246 e. The molecule has 0 amide bonds. The van der Waals surface area contributed by atoms with Crippen LogP contribution < -0.4 is 5.53 Å². The van der Waals surface area contributed by atoms with Crippen molar-refractivity contribution in [1.82, 2.24) is 15.0 Å². The van der Waals surface area contributed by atoms with Gasteiger partial charge in [-0.2, -0.15) is 0 Å². The van der Waals surface area contributed by atoms with Crippen molar-refractivity contribution in [3.63, 3.8) is 0 Å². The molecule has 74 valence electrons. The lowest BCUT2D eigenvalue weighted by molar-refractivity contribution is 0.310. The number of hydrogen-bond acceptors (Lipinski definition) is 6. The Kier molecular flexibility index (Phi) is 2.85. The number of hydrazine groups is 2. The van der Waals surface area contributed by atoms with Crippen LogP contribution in [0.2, 0.25) is 0 Å². The van der Waals surface area contributed by atoms with Crippen molar-refractivity contribution in [1.29, 1.82) is 0 Å². The highest BCUT2D eigenvalue weighted by atomic mass is 32.2. The Balaban J connectivity index is 2.08. The molecule has 2 rings (SSSR count). The van der Waals surface area contributed by atoms with Crippen LogP contribution in [0.15, 0.2) is 40.6 Å². The summed E-state index contributed by atoms with van der Waals surface area (Å²) in [6, 6.07) is 0. The molecule has 0 bridgehead atoms. The van der Waals surface area contributed by atoms with Crippen LogP contribution in [-0.2, 0) is 0 Å². The van der Waals surface area contributed by atoms with Crippen LogP contribution >= 0.6 is 24.6 Å². The van der Waals surface area contributed by atoms with E-state index in [9.17, 15) is 0 Å². The molecule has 14 heavy (non-hydrogen) atoms. The highest BCUT2D eigenvalue weighted by molar-refractivity contribution is 8.03. The number of nitrogens with zero attached hydrogens (tertiary/aromatic N) is 3. The monoisotopic (exact) mass is 226 g/mol. The van der Waals surface area contributed by atoms with Crippen molar-refractivity contribution in [2.45, 2.75) is 0 Å². The van der Waals surface area contributed by atoms with Crippen LogP contribution in [0.3, 0.4) is 0 Å². The quantitative estimate of drug-likeness (QED) is 0.564. The molecule has 0 unspecified atom stereocenters. The second-order valence-corrected chi connectivity index (χ2v) is 4.17. The van der Waals surface area contributed by atoms with E-state index in [-0.39, 0.29) is 0 Å². The minimum Gasteiger partial charge on any atom is -0.246 e. The summed E-state index contributed by atoms with van der Waals surface area (Å²) in [5.41, 5.74) is 3.98. The maximum absolute atomic E-state index is 4.26. The SMILES string of the molecule is C=CCSC1=CC2=CN(S)NN2C=N1. The van der Waals surface area contributed by atoms with E-state index < -0.39 is 0 Å². The maximum Gasteiger partial charge on any atom is 0.113 e. The van der Waals surface area contributed by atoms with Gasteiger partial charge in [0.25, 0.3) is 0 Å². The van der Waals surface area contributed by atoms with Gasteiger partial charge in [-0.3, -0.25) is 0 Å². The first-order valence-electron chi connectivity index (χ1n) is 4.04. The molecule has 2 aliphatic rings. The summed E-state index contributed by atoms with van der Waals surface area (Å²) < 4.78 is 1.58. The summed E-state index contributed by atoms with van der Waals surface area (Å²) in [4.78, 5) is 4.26. The van der Waals surface area contributed by atoms with E-state index in [0.717, 1.165) is 16.5 Å². The minimum atomic E-state index is 0.870. The number of thioether (sulfide) groups is 1. The molecule has 6 heteroatoms. The fraction of sp³-hybridized carbons (Fsp3) is 0.125. The van der Waals surface area contributed by atoms with Gasteiger partial charge in [0.05, 0.1) is 11.9 Å². The molecule has 0 aromatic heterocycles. The van der Waals surface area contributed by atoms with Crippen LogP contribution in [0, 0.1) is 0 Å². The number of fused-ring (bicyclic) bond motifs is 1. The molecule has 1 N–H and O–H groups in total. The molecule has 0 spiro atoms. The smallest absolute Gasteiger partial charge is 0.113 e. The fourth-order valence-electron chi connectivity index (χ4n) is 1.09. The van der Waals surface area contributed by atoms with E-state index in [1.165, 1.54) is 0 Å². The van der Waals surface area contributed by atoms with Crippen LogP contribution in [0.4, 0.5) is 0 Å². The van der Waals surface area contributed by atoms with Gasteiger partial charge in [-0.25, -0.2) is 14.4 Å². The average molecular weight is 226 g/mol. The first-order chi connectivity index (χ1) is 6.79. The second kappa shape index (κ2) is 4.12. The van der Waals surface area contributed by atoms with Crippen molar-refractivity contribution in [3.8, 4) is 0 Å². The minimum absolute atomic E-state index is 0.870. The van der Waals surface area contributed by atoms with E-state index in [1.807, 2.05) is 18.4 Å². The summed E-state index contributed by atoms with van der Waals surface area (Å²) in [5.74, 6) is 0.870. The number of hydrogen-bond donors (Lipinski definition) is 2. The van der Waals surface area contributed by atoms with E-state index in [2.05, 4.69) is 29.9 Å². The van der Waals surface area contributed by atoms with Crippen LogP contribution in [0.1, 0.15) is 0 Å². The van der Waals surface area contributed by atoms with Crippen molar-refractivity contribution in [2.24, 2.45) is 4.99 Å². The number of allylic oxidation sites excluding steroid dienone is 1. The zero-order valence-electron chi connectivity index (χ0n) is 7.42. The predicted molar refractivity (Wildman–Crippen MR) is 63.1 cm³/mol. The van der Waals surface area contributed by atoms with Crippen molar-refractivity contribution >= 4 is 30.9 Å². The highest BCUT2D eigenvalue weighted by Crippen LogP contribution is 2.25. The van der Waals surface area contributed by atoms with Gasteiger partial charge in [0.2, 0.25) is 0 Å². The van der Waals surface area contributed by atoms with Crippen molar-refractivity contribution in [2.75, 3.05) is 5.75 Å². The molecule has 0 saturated carbocycles. The van der Waals surface area contributed by atoms with E-state index in [0.29, 0.717) is 0 Å². The lowest BCUT2D eigenvalue weighted by atomic mass is 10.4. The summed E-state index contributed by atoms with van der Waals surface area (Å²) in [6.45, 7) is 3.67. The fourth-order valence-corrected chi connectivity index (χ4v) is 1.91. The number of rotatable bonds is 3. The molecule has 0 atom stereocenters. The number of thiol groups is 1. The summed E-state index contributed by atoms with van der Waals surface area (Å²) in [6.07, 6.45) is 7.47. The average Bonchev–Trinajstić information content (AvgIpc) is 2.54. The Morgan fingerprint density at radius 3 is 3.36 bits per heavy atom. The topological polar surface area (TPSA) is 30.9 Å². The standard InChI is InChI=1S/C8H10N4S2/c1-2-3-14-8-4-7-5-12(13)10-11(7)6-9-8/h2,4-6,10,13H,1,3H2. The van der Waals surface area contributed by atoms with Gasteiger partial charge >= 0.3 is 0 Å². The molecule has 0 aromatic rings. The van der Waals surface area contributed by atoms with Crippen molar-refractivity contribution < 1.29 is 0 Å². The second-order valence-electron chi connectivity index (χ2n) is 2.70. The first-order valence-corrected chi connectivity index (χ1v) is 5.43. The lowest BCUT2D eigenvalue weighted by Gasteiger charge is -2.18. The van der Waals surface area contributed by atoms with Crippen LogP contribution in [0.5, 0.6) is 0 Å². The van der Waals surface area contributed by atoms with Gasteiger partial charge in [0, 0.05) is 5.75 Å². The molecular formula is C8H10N4S2. The van der Waals surface area contributed by atoms with Gasteiger partial charge in [-0.05, 0) is 18.9 Å². The molecule has 0 aliphatic carbocycles. The normalized spacial score (nSPS) is 19.2. The summed E-state index contributed by atoms with van der Waals surface area (Å²) in [7, 11) is 0. The van der Waals surface area contributed by atoms with Gasteiger partial charge in [-0.1, -0.05) is 6.08 Å². The van der Waals surface area contributed by atoms with Crippen LogP contribution in [-0.4, -0.2) is 21.5 Å². The molecule has 4 nitrogen and oxygen atoms in total. The zero-order valence-corrected chi connectivity index (χ0v) is 9.13. The van der Waals surface area contributed by atoms with Crippen molar-refractivity contribution in [3.05, 3.63) is 35.7 Å². The molecule has 2 heterocycles. The number of aliphatic imine (C=N–C) groups is 1. The van der Waals surface area contributed by atoms with Gasteiger partial charge in [-0.15, -0.1) is 23.9 Å². The van der Waals surface area contributed by atoms with E-state index >= 15 is 0 Å². The Morgan fingerprint density at radius 2 is 2.57 bits per heavy atom. The summed E-state index contributed by atoms with van der Waals surface area (Å²) >= 11 is 5.79. The molecule has 0 saturated heterocycles. The lowest BCUT2D eigenvalue weighted by Crippen LogP contribution is -2.35. The molecule has 0 fully saturated rings. The third-order valence-corrected chi connectivity index (χ3v) is 2.79. The third kappa shape index (κ3) is 1.97. The zero-order chi connectivity index (χ0) is 9.97. The highest BCUT2D eigenvalue weighted by Gasteiger charge is 2.18. The Labute approximate surface area is 92.5 Å². The van der Waals surface area contributed by atoms with Crippen LogP contribution in [0.25, 0.3) is 0 Å². The molecule has 2 aliphatic heterocycles. The molecule has 0 radical (unpaired) electrons. The van der Waals surface area contributed by atoms with Gasteiger partial charge < -0.3 is 0 Å². The summed E-state index contributed by atoms with van der Waals surface area (Å²) in [5, 5.41) is 2.78. The van der Waals surface area contributed by atoms with Gasteiger partial charge in [0.15, 0.2) is 0 Å². The first kappa shape index (κ1) is 9.70. The van der Waals surface area contributed by atoms with Gasteiger partial charge in [0.1, 0.15) is 11.4 Å². The third-order valence-electron chi connectivity index (χ3n) is 1.66. The Bertz CT molecular complexity index is 334.